The van der Waals surface area contributed by atoms with Crippen LogP contribution in [0.4, 0.5) is 13.2 Å². The fourth-order valence-electron chi connectivity index (χ4n) is 1.84. The average molecular weight is 286 g/mol. The van der Waals surface area contributed by atoms with Gasteiger partial charge in [0.2, 0.25) is 0 Å². The second-order valence-corrected chi connectivity index (χ2v) is 4.97. The van der Waals surface area contributed by atoms with E-state index in [1.807, 2.05) is 13.8 Å². The Morgan fingerprint density at radius 1 is 1.40 bits per heavy atom. The van der Waals surface area contributed by atoms with Crippen molar-refractivity contribution in [2.45, 2.75) is 45.3 Å². The van der Waals surface area contributed by atoms with Crippen molar-refractivity contribution < 1.29 is 13.2 Å². The number of pyridine rings is 1. The number of aromatic nitrogens is 1. The third-order valence-corrected chi connectivity index (χ3v) is 2.97. The summed E-state index contributed by atoms with van der Waals surface area (Å²) >= 11 is 0. The quantitative estimate of drug-likeness (QED) is 0.747. The van der Waals surface area contributed by atoms with Crippen molar-refractivity contribution in [2.24, 2.45) is 0 Å². The molecule has 0 spiro atoms. The molecule has 0 bridgehead atoms. The number of allylic oxidation sites excluding steroid dienone is 1. The first-order valence-corrected chi connectivity index (χ1v) is 6.75. The Balaban J connectivity index is 2.81. The Kier molecular flexibility index (Phi) is 6.20. The van der Waals surface area contributed by atoms with E-state index in [0.717, 1.165) is 43.6 Å². The molecule has 0 aliphatic rings. The van der Waals surface area contributed by atoms with Gasteiger partial charge in [0.15, 0.2) is 0 Å². The highest BCUT2D eigenvalue weighted by Gasteiger charge is 2.30. The fourth-order valence-corrected chi connectivity index (χ4v) is 1.84. The van der Waals surface area contributed by atoms with Gasteiger partial charge in [0.1, 0.15) is 0 Å². The molecule has 0 aliphatic heterocycles. The van der Waals surface area contributed by atoms with E-state index in [-0.39, 0.29) is 6.04 Å². The first-order chi connectivity index (χ1) is 9.34. The van der Waals surface area contributed by atoms with Gasteiger partial charge < -0.3 is 5.32 Å². The van der Waals surface area contributed by atoms with Gasteiger partial charge in [0, 0.05) is 12.2 Å². The molecule has 1 heterocycles. The summed E-state index contributed by atoms with van der Waals surface area (Å²) in [5.41, 5.74) is 0.989. The lowest BCUT2D eigenvalue weighted by Crippen LogP contribution is -2.23. The van der Waals surface area contributed by atoms with E-state index in [9.17, 15) is 13.2 Å². The van der Waals surface area contributed by atoms with Crippen molar-refractivity contribution in [2.75, 3.05) is 6.54 Å². The molecular formula is C15H21F3N2. The molecular weight excluding hydrogens is 265 g/mol. The van der Waals surface area contributed by atoms with Gasteiger partial charge in [-0.1, -0.05) is 12.5 Å². The molecule has 2 nitrogen and oxygen atoms in total. The Morgan fingerprint density at radius 2 is 2.10 bits per heavy atom. The minimum Gasteiger partial charge on any atom is -0.309 e. The lowest BCUT2D eigenvalue weighted by atomic mass is 10.0. The first kappa shape index (κ1) is 16.7. The standard InChI is InChI=1S/C15H21F3N2/c1-4-9-19-13(7-5-11(2)3)14-8-6-12(10-20-14)15(16,17)18/h6,8,10,13,19H,2,4-5,7,9H2,1,3H3. The zero-order valence-corrected chi connectivity index (χ0v) is 11.9. The third-order valence-electron chi connectivity index (χ3n) is 2.97. The molecule has 0 saturated carbocycles. The smallest absolute Gasteiger partial charge is 0.309 e. The maximum atomic E-state index is 12.5. The van der Waals surface area contributed by atoms with Crippen molar-refractivity contribution in [1.82, 2.24) is 10.3 Å². The van der Waals surface area contributed by atoms with Crippen LogP contribution in [0.2, 0.25) is 0 Å². The number of alkyl halides is 3. The van der Waals surface area contributed by atoms with Crippen LogP contribution in [0.1, 0.15) is 50.4 Å². The van der Waals surface area contributed by atoms with E-state index < -0.39 is 11.7 Å². The highest BCUT2D eigenvalue weighted by molar-refractivity contribution is 5.19. The minimum absolute atomic E-state index is 0.0334. The largest absolute Gasteiger partial charge is 0.417 e. The lowest BCUT2D eigenvalue weighted by molar-refractivity contribution is -0.137. The van der Waals surface area contributed by atoms with Crippen molar-refractivity contribution in [3.8, 4) is 0 Å². The molecule has 0 aromatic carbocycles. The minimum atomic E-state index is -4.34. The summed E-state index contributed by atoms with van der Waals surface area (Å²) in [4.78, 5) is 3.96. The van der Waals surface area contributed by atoms with Crippen LogP contribution >= 0.6 is 0 Å². The van der Waals surface area contributed by atoms with Crippen molar-refractivity contribution in [3.63, 3.8) is 0 Å². The summed E-state index contributed by atoms with van der Waals surface area (Å²) in [5.74, 6) is 0. The Bertz CT molecular complexity index is 424. The number of hydrogen-bond donors (Lipinski definition) is 1. The van der Waals surface area contributed by atoms with Crippen LogP contribution in [0, 0.1) is 0 Å². The molecule has 1 rings (SSSR count). The zero-order chi connectivity index (χ0) is 15.2. The van der Waals surface area contributed by atoms with Crippen molar-refractivity contribution >= 4 is 0 Å². The molecule has 112 valence electrons. The highest BCUT2D eigenvalue weighted by Crippen LogP contribution is 2.29. The van der Waals surface area contributed by atoms with Crippen molar-refractivity contribution in [1.29, 1.82) is 0 Å². The summed E-state index contributed by atoms with van der Waals surface area (Å²) in [6.45, 7) is 8.65. The van der Waals surface area contributed by atoms with Gasteiger partial charge >= 0.3 is 6.18 Å². The second-order valence-electron chi connectivity index (χ2n) is 4.97. The Labute approximate surface area is 118 Å². The first-order valence-electron chi connectivity index (χ1n) is 6.75. The normalized spacial score (nSPS) is 13.2. The number of nitrogens with one attached hydrogen (secondary N) is 1. The Hall–Kier alpha value is -1.36. The van der Waals surface area contributed by atoms with Crippen LogP contribution < -0.4 is 5.32 Å². The SMILES string of the molecule is C=C(C)CCC(NCCC)c1ccc(C(F)(F)F)cn1. The summed E-state index contributed by atoms with van der Waals surface area (Å²) < 4.78 is 37.5. The van der Waals surface area contributed by atoms with Gasteiger partial charge in [-0.15, -0.1) is 6.58 Å². The third kappa shape index (κ3) is 5.33. The molecule has 0 amide bonds. The molecule has 0 saturated heterocycles. The number of hydrogen-bond acceptors (Lipinski definition) is 2. The molecule has 5 heteroatoms. The summed E-state index contributed by atoms with van der Waals surface area (Å²) in [7, 11) is 0. The molecule has 1 aromatic heterocycles. The number of rotatable bonds is 7. The van der Waals surface area contributed by atoms with Gasteiger partial charge in [0.25, 0.3) is 0 Å². The summed E-state index contributed by atoms with van der Waals surface area (Å²) in [5, 5.41) is 3.31. The topological polar surface area (TPSA) is 24.9 Å². The van der Waals surface area contributed by atoms with Gasteiger partial charge in [-0.2, -0.15) is 13.2 Å². The average Bonchev–Trinajstić information content (AvgIpc) is 2.38. The Morgan fingerprint density at radius 3 is 2.55 bits per heavy atom. The zero-order valence-electron chi connectivity index (χ0n) is 11.9. The van der Waals surface area contributed by atoms with Crippen LogP contribution in [0.25, 0.3) is 0 Å². The van der Waals surface area contributed by atoms with Crippen LogP contribution in [-0.2, 0) is 6.18 Å². The van der Waals surface area contributed by atoms with E-state index in [1.165, 1.54) is 6.07 Å². The monoisotopic (exact) mass is 286 g/mol. The van der Waals surface area contributed by atoms with Crippen LogP contribution in [0.15, 0.2) is 30.5 Å². The van der Waals surface area contributed by atoms with E-state index in [0.29, 0.717) is 5.69 Å². The maximum absolute atomic E-state index is 12.5. The van der Waals surface area contributed by atoms with Gasteiger partial charge in [-0.05, 0) is 44.9 Å². The van der Waals surface area contributed by atoms with Crippen LogP contribution in [0.3, 0.4) is 0 Å². The lowest BCUT2D eigenvalue weighted by Gasteiger charge is -2.18. The van der Waals surface area contributed by atoms with E-state index in [1.54, 1.807) is 0 Å². The summed E-state index contributed by atoms with van der Waals surface area (Å²) in [6, 6.07) is 2.51. The van der Waals surface area contributed by atoms with Crippen LogP contribution in [0.5, 0.6) is 0 Å². The van der Waals surface area contributed by atoms with Crippen LogP contribution in [-0.4, -0.2) is 11.5 Å². The van der Waals surface area contributed by atoms with Gasteiger partial charge in [0.05, 0.1) is 11.3 Å². The number of halogens is 3. The molecule has 0 aliphatic carbocycles. The van der Waals surface area contributed by atoms with E-state index in [4.69, 9.17) is 0 Å². The molecule has 1 aromatic rings. The molecule has 0 fully saturated rings. The molecule has 20 heavy (non-hydrogen) atoms. The van der Waals surface area contributed by atoms with E-state index >= 15 is 0 Å². The van der Waals surface area contributed by atoms with Gasteiger partial charge in [-0.3, -0.25) is 4.98 Å². The fraction of sp³-hybridized carbons (Fsp3) is 0.533. The molecule has 1 atom stereocenters. The molecule has 1 N–H and O–H groups in total. The highest BCUT2D eigenvalue weighted by atomic mass is 19.4. The second kappa shape index (κ2) is 7.43. The van der Waals surface area contributed by atoms with E-state index in [2.05, 4.69) is 16.9 Å². The maximum Gasteiger partial charge on any atom is 0.417 e. The van der Waals surface area contributed by atoms with Crippen molar-refractivity contribution in [3.05, 3.63) is 41.7 Å². The molecule has 1 unspecified atom stereocenters. The predicted octanol–water partition coefficient (Wildman–Crippen LogP) is 4.50. The number of nitrogens with zero attached hydrogens (tertiary/aromatic N) is 1. The molecule has 0 radical (unpaired) electrons. The predicted molar refractivity (Wildman–Crippen MR) is 74.3 cm³/mol. The summed E-state index contributed by atoms with van der Waals surface area (Å²) in [6.07, 6.45) is -0.867. The van der Waals surface area contributed by atoms with Gasteiger partial charge in [-0.25, -0.2) is 0 Å².